The van der Waals surface area contributed by atoms with E-state index in [1.54, 1.807) is 12.1 Å². The summed E-state index contributed by atoms with van der Waals surface area (Å²) in [4.78, 5) is 0. The third-order valence-corrected chi connectivity index (χ3v) is 2.45. The van der Waals surface area contributed by atoms with Crippen LogP contribution < -0.4 is 10.1 Å². The summed E-state index contributed by atoms with van der Waals surface area (Å²) in [6, 6.07) is 6.04. The third kappa shape index (κ3) is 5.40. The summed E-state index contributed by atoms with van der Waals surface area (Å²) in [5.74, 6) is 0.336. The number of halogens is 3. The molecule has 1 unspecified atom stereocenters. The minimum absolute atomic E-state index is 0.104. The van der Waals surface area contributed by atoms with Crippen LogP contribution in [-0.2, 0) is 0 Å². The maximum Gasteiger partial charge on any atom is 0.573 e. The molecule has 1 aromatic rings. The predicted octanol–water partition coefficient (Wildman–Crippen LogP) is 3.89. The van der Waals surface area contributed by atoms with Crippen LogP contribution in [0.15, 0.2) is 24.3 Å². The molecule has 0 aromatic heterocycles. The molecule has 0 aliphatic heterocycles. The quantitative estimate of drug-likeness (QED) is 0.868. The molecule has 0 aliphatic rings. The van der Waals surface area contributed by atoms with Crippen LogP contribution in [0, 0.1) is 5.92 Å². The summed E-state index contributed by atoms with van der Waals surface area (Å²) in [6.07, 6.45) is -4.64. The summed E-state index contributed by atoms with van der Waals surface area (Å²) in [5.41, 5.74) is 0.935. The summed E-state index contributed by atoms with van der Waals surface area (Å²) in [6.45, 7) is 7.03. The minimum atomic E-state index is -4.64. The minimum Gasteiger partial charge on any atom is -0.406 e. The zero-order valence-electron chi connectivity index (χ0n) is 10.7. The van der Waals surface area contributed by atoms with Gasteiger partial charge in [0.05, 0.1) is 0 Å². The van der Waals surface area contributed by atoms with E-state index < -0.39 is 6.36 Å². The lowest BCUT2D eigenvalue weighted by Crippen LogP contribution is -2.23. The molecule has 1 N–H and O–H groups in total. The molecular weight excluding hydrogens is 243 g/mol. The first-order valence-electron chi connectivity index (χ1n) is 5.87. The highest BCUT2D eigenvalue weighted by atomic mass is 19.4. The lowest BCUT2D eigenvalue weighted by atomic mass is 10.1. The maximum absolute atomic E-state index is 12.0. The van der Waals surface area contributed by atoms with Gasteiger partial charge in [0.1, 0.15) is 5.75 Å². The summed E-state index contributed by atoms with van der Waals surface area (Å²) < 4.78 is 39.7. The topological polar surface area (TPSA) is 21.3 Å². The fourth-order valence-electron chi connectivity index (χ4n) is 1.49. The van der Waals surface area contributed by atoms with E-state index in [4.69, 9.17) is 0 Å². The molecular formula is C13H18F3NO. The molecule has 0 saturated heterocycles. The highest BCUT2D eigenvalue weighted by molar-refractivity contribution is 5.29. The van der Waals surface area contributed by atoms with Crippen molar-refractivity contribution in [2.75, 3.05) is 6.54 Å². The largest absolute Gasteiger partial charge is 0.573 e. The van der Waals surface area contributed by atoms with Crippen molar-refractivity contribution in [2.45, 2.75) is 33.2 Å². The van der Waals surface area contributed by atoms with Crippen LogP contribution in [-0.4, -0.2) is 12.9 Å². The molecule has 0 fully saturated rings. The summed E-state index contributed by atoms with van der Waals surface area (Å²) in [5, 5.41) is 3.30. The van der Waals surface area contributed by atoms with Gasteiger partial charge in [-0.05, 0) is 37.1 Å². The van der Waals surface area contributed by atoms with Crippen LogP contribution >= 0.6 is 0 Å². The number of alkyl halides is 3. The van der Waals surface area contributed by atoms with Gasteiger partial charge < -0.3 is 10.1 Å². The van der Waals surface area contributed by atoms with E-state index in [0.717, 1.165) is 12.1 Å². The standard InChI is InChI=1S/C13H18F3NO/c1-9(2)8-17-10(3)11-4-6-12(7-5-11)18-13(14,15)16/h4-7,9-10,17H,8H2,1-3H3. The molecule has 18 heavy (non-hydrogen) atoms. The van der Waals surface area contributed by atoms with Gasteiger partial charge in [-0.2, -0.15) is 0 Å². The SMILES string of the molecule is CC(C)CNC(C)c1ccc(OC(F)(F)F)cc1. The lowest BCUT2D eigenvalue weighted by molar-refractivity contribution is -0.274. The Hall–Kier alpha value is -1.23. The Balaban J connectivity index is 2.59. The van der Waals surface area contributed by atoms with Crippen molar-refractivity contribution in [1.29, 1.82) is 0 Å². The third-order valence-electron chi connectivity index (χ3n) is 2.45. The number of rotatable bonds is 5. The molecule has 0 aliphatic carbocycles. The number of benzene rings is 1. The van der Waals surface area contributed by atoms with Crippen molar-refractivity contribution in [3.8, 4) is 5.75 Å². The van der Waals surface area contributed by atoms with Gasteiger partial charge in [-0.1, -0.05) is 26.0 Å². The van der Waals surface area contributed by atoms with Crippen molar-refractivity contribution in [2.24, 2.45) is 5.92 Å². The zero-order valence-corrected chi connectivity index (χ0v) is 10.7. The summed E-state index contributed by atoms with van der Waals surface area (Å²) in [7, 11) is 0. The normalized spacial score (nSPS) is 13.7. The van der Waals surface area contributed by atoms with E-state index in [0.29, 0.717) is 5.92 Å². The van der Waals surface area contributed by atoms with Crippen LogP contribution in [0.4, 0.5) is 13.2 Å². The molecule has 0 bridgehead atoms. The van der Waals surface area contributed by atoms with Gasteiger partial charge >= 0.3 is 6.36 Å². The number of ether oxygens (including phenoxy) is 1. The van der Waals surface area contributed by atoms with E-state index in [1.165, 1.54) is 12.1 Å². The van der Waals surface area contributed by atoms with Crippen molar-refractivity contribution in [3.05, 3.63) is 29.8 Å². The molecule has 102 valence electrons. The number of nitrogens with one attached hydrogen (secondary N) is 1. The van der Waals surface area contributed by atoms with Gasteiger partial charge in [0.25, 0.3) is 0 Å². The summed E-state index contributed by atoms with van der Waals surface area (Å²) >= 11 is 0. The van der Waals surface area contributed by atoms with Crippen LogP contribution in [0.25, 0.3) is 0 Å². The highest BCUT2D eigenvalue weighted by Crippen LogP contribution is 2.24. The van der Waals surface area contributed by atoms with Gasteiger partial charge in [-0.15, -0.1) is 13.2 Å². The van der Waals surface area contributed by atoms with Gasteiger partial charge in [0.15, 0.2) is 0 Å². The van der Waals surface area contributed by atoms with Crippen LogP contribution in [0.5, 0.6) is 5.75 Å². The first-order valence-corrected chi connectivity index (χ1v) is 5.87. The molecule has 1 rings (SSSR count). The second-order valence-electron chi connectivity index (χ2n) is 4.64. The molecule has 0 heterocycles. The Labute approximate surface area is 105 Å². The lowest BCUT2D eigenvalue weighted by Gasteiger charge is -2.16. The average molecular weight is 261 g/mol. The van der Waals surface area contributed by atoms with Gasteiger partial charge in [-0.3, -0.25) is 0 Å². The second-order valence-corrected chi connectivity index (χ2v) is 4.64. The van der Waals surface area contributed by atoms with Crippen LogP contribution in [0.2, 0.25) is 0 Å². The molecule has 0 spiro atoms. The smallest absolute Gasteiger partial charge is 0.406 e. The van der Waals surface area contributed by atoms with E-state index in [1.807, 2.05) is 6.92 Å². The Morgan fingerprint density at radius 3 is 2.11 bits per heavy atom. The zero-order chi connectivity index (χ0) is 13.8. The van der Waals surface area contributed by atoms with Crippen molar-refractivity contribution < 1.29 is 17.9 Å². The molecule has 1 aromatic carbocycles. The number of hydrogen-bond donors (Lipinski definition) is 1. The predicted molar refractivity (Wildman–Crippen MR) is 64.4 cm³/mol. The van der Waals surface area contributed by atoms with E-state index in [9.17, 15) is 13.2 Å². The monoisotopic (exact) mass is 261 g/mol. The van der Waals surface area contributed by atoms with Gasteiger partial charge in [0.2, 0.25) is 0 Å². The van der Waals surface area contributed by atoms with Crippen LogP contribution in [0.3, 0.4) is 0 Å². The first kappa shape index (κ1) is 14.8. The van der Waals surface area contributed by atoms with Crippen molar-refractivity contribution in [1.82, 2.24) is 5.32 Å². The number of hydrogen-bond acceptors (Lipinski definition) is 2. The molecule has 2 nitrogen and oxygen atoms in total. The van der Waals surface area contributed by atoms with Crippen LogP contribution in [0.1, 0.15) is 32.4 Å². The second kappa shape index (κ2) is 6.09. The van der Waals surface area contributed by atoms with E-state index in [2.05, 4.69) is 23.9 Å². The van der Waals surface area contributed by atoms with Crippen molar-refractivity contribution >= 4 is 0 Å². The van der Waals surface area contributed by atoms with E-state index >= 15 is 0 Å². The van der Waals surface area contributed by atoms with Gasteiger partial charge in [-0.25, -0.2) is 0 Å². The maximum atomic E-state index is 12.0. The van der Waals surface area contributed by atoms with Gasteiger partial charge in [0, 0.05) is 6.04 Å². The average Bonchev–Trinajstić information content (AvgIpc) is 2.24. The highest BCUT2D eigenvalue weighted by Gasteiger charge is 2.30. The molecule has 1 atom stereocenters. The Morgan fingerprint density at radius 2 is 1.67 bits per heavy atom. The molecule has 0 radical (unpaired) electrons. The first-order chi connectivity index (χ1) is 8.28. The molecule has 5 heteroatoms. The molecule has 0 amide bonds. The Bertz CT molecular complexity index is 359. The Kier molecular flexibility index (Phi) is 5.02. The van der Waals surface area contributed by atoms with E-state index in [-0.39, 0.29) is 11.8 Å². The van der Waals surface area contributed by atoms with Crippen molar-refractivity contribution in [3.63, 3.8) is 0 Å². The molecule has 0 saturated carbocycles. The fraction of sp³-hybridized carbons (Fsp3) is 0.538. The fourth-order valence-corrected chi connectivity index (χ4v) is 1.49. The Morgan fingerprint density at radius 1 is 1.11 bits per heavy atom.